The quantitative estimate of drug-likeness (QED) is 0.677. The largest absolute Gasteiger partial charge is 0.459 e. The highest BCUT2D eigenvalue weighted by atomic mass is 16.6. The molecule has 0 aromatic rings. The second-order valence-corrected chi connectivity index (χ2v) is 4.70. The highest BCUT2D eigenvalue weighted by molar-refractivity contribution is 5.85. The summed E-state index contributed by atoms with van der Waals surface area (Å²) in [5.74, 6) is -0.766. The minimum Gasteiger partial charge on any atom is -0.459 e. The molecule has 0 heterocycles. The van der Waals surface area contributed by atoms with Gasteiger partial charge in [0.25, 0.3) is 0 Å². The van der Waals surface area contributed by atoms with Crippen molar-refractivity contribution in [3.8, 4) is 0 Å². The molecule has 0 saturated heterocycles. The molecule has 0 rings (SSSR count). The Hall–Kier alpha value is -1.10. The summed E-state index contributed by atoms with van der Waals surface area (Å²) in [7, 11) is 0. The van der Waals surface area contributed by atoms with Crippen molar-refractivity contribution < 1.29 is 14.3 Å². The van der Waals surface area contributed by atoms with Crippen LogP contribution in [0.3, 0.4) is 0 Å². The van der Waals surface area contributed by atoms with Gasteiger partial charge in [-0.05, 0) is 27.2 Å². The Labute approximate surface area is 96.7 Å². The van der Waals surface area contributed by atoms with E-state index < -0.39 is 17.6 Å². The number of esters is 1. The number of hydrogen-bond acceptors (Lipinski definition) is 4. The van der Waals surface area contributed by atoms with Crippen LogP contribution in [-0.4, -0.2) is 30.1 Å². The first-order chi connectivity index (χ1) is 7.26. The molecule has 0 saturated carbocycles. The van der Waals surface area contributed by atoms with Crippen LogP contribution in [0.15, 0.2) is 0 Å². The summed E-state index contributed by atoms with van der Waals surface area (Å²) >= 11 is 0. The molecule has 0 aromatic heterocycles. The van der Waals surface area contributed by atoms with E-state index in [0.717, 1.165) is 6.42 Å². The summed E-state index contributed by atoms with van der Waals surface area (Å²) in [5.41, 5.74) is 5.04. The molecule has 0 aliphatic carbocycles. The molecule has 0 spiro atoms. The van der Waals surface area contributed by atoms with Crippen molar-refractivity contribution >= 4 is 11.9 Å². The fourth-order valence-corrected chi connectivity index (χ4v) is 1.11. The molecule has 0 fully saturated rings. The van der Waals surface area contributed by atoms with Gasteiger partial charge in [-0.15, -0.1) is 0 Å². The summed E-state index contributed by atoms with van der Waals surface area (Å²) in [4.78, 5) is 22.6. The lowest BCUT2D eigenvalue weighted by Gasteiger charge is -2.20. The number of nitrogens with one attached hydrogen (secondary N) is 1. The molecule has 16 heavy (non-hydrogen) atoms. The van der Waals surface area contributed by atoms with E-state index in [1.165, 1.54) is 0 Å². The van der Waals surface area contributed by atoms with Crippen LogP contribution in [-0.2, 0) is 14.3 Å². The zero-order chi connectivity index (χ0) is 12.8. The number of carbonyl (C=O) groups excluding carboxylic acids is 2. The molecule has 94 valence electrons. The van der Waals surface area contributed by atoms with Crippen molar-refractivity contribution in [3.05, 3.63) is 0 Å². The van der Waals surface area contributed by atoms with Crippen LogP contribution in [0.5, 0.6) is 0 Å². The van der Waals surface area contributed by atoms with Crippen molar-refractivity contribution in [2.75, 3.05) is 6.54 Å². The van der Waals surface area contributed by atoms with Gasteiger partial charge < -0.3 is 15.8 Å². The first kappa shape index (κ1) is 14.9. The molecule has 0 unspecified atom stereocenters. The number of nitrogens with two attached hydrogens (primary N) is 1. The van der Waals surface area contributed by atoms with E-state index in [1.54, 1.807) is 20.8 Å². The van der Waals surface area contributed by atoms with Gasteiger partial charge in [-0.2, -0.15) is 0 Å². The molecule has 0 bridgehead atoms. The van der Waals surface area contributed by atoms with E-state index in [9.17, 15) is 9.59 Å². The molecule has 1 atom stereocenters. The van der Waals surface area contributed by atoms with Crippen LogP contribution in [0, 0.1) is 0 Å². The monoisotopic (exact) mass is 230 g/mol. The van der Waals surface area contributed by atoms with Crippen molar-refractivity contribution in [1.82, 2.24) is 5.32 Å². The van der Waals surface area contributed by atoms with Gasteiger partial charge >= 0.3 is 5.97 Å². The highest BCUT2D eigenvalue weighted by Gasteiger charge is 2.18. The van der Waals surface area contributed by atoms with Gasteiger partial charge in [0.2, 0.25) is 5.91 Å². The maximum absolute atomic E-state index is 11.4. The zero-order valence-electron chi connectivity index (χ0n) is 10.5. The average Bonchev–Trinajstić information content (AvgIpc) is 2.11. The molecule has 0 radical (unpaired) electrons. The van der Waals surface area contributed by atoms with Crippen LogP contribution in [0.4, 0.5) is 0 Å². The molecule has 3 N–H and O–H groups in total. The Morgan fingerprint density at radius 3 is 2.38 bits per heavy atom. The molecule has 1 amide bonds. The summed E-state index contributed by atoms with van der Waals surface area (Å²) < 4.78 is 5.03. The first-order valence-electron chi connectivity index (χ1n) is 5.51. The standard InChI is InChI=1S/C11H22N2O3/c1-5-6-8(12)10(15)13-7-9(14)16-11(2,3)4/h8H,5-7,12H2,1-4H3,(H,13,15)/t8-/m0/s1. The Morgan fingerprint density at radius 2 is 1.94 bits per heavy atom. The number of amides is 1. The van der Waals surface area contributed by atoms with E-state index in [2.05, 4.69) is 5.32 Å². The maximum Gasteiger partial charge on any atom is 0.325 e. The third-order valence-corrected chi connectivity index (χ3v) is 1.76. The van der Waals surface area contributed by atoms with Crippen molar-refractivity contribution in [3.63, 3.8) is 0 Å². The molecule has 0 aliphatic heterocycles. The lowest BCUT2D eigenvalue weighted by Crippen LogP contribution is -2.43. The summed E-state index contributed by atoms with van der Waals surface area (Å²) in [6, 6.07) is -0.549. The Morgan fingerprint density at radius 1 is 1.38 bits per heavy atom. The number of carbonyl (C=O) groups is 2. The van der Waals surface area contributed by atoms with E-state index in [-0.39, 0.29) is 12.5 Å². The van der Waals surface area contributed by atoms with Crippen molar-refractivity contribution in [2.45, 2.75) is 52.2 Å². The molecule has 0 aliphatic rings. The lowest BCUT2D eigenvalue weighted by molar-refractivity contribution is -0.154. The van der Waals surface area contributed by atoms with E-state index >= 15 is 0 Å². The third kappa shape index (κ3) is 7.23. The minimum atomic E-state index is -0.549. The molecular weight excluding hydrogens is 208 g/mol. The number of ether oxygens (including phenoxy) is 1. The molecule has 5 heteroatoms. The average molecular weight is 230 g/mol. The molecule has 5 nitrogen and oxygen atoms in total. The van der Waals surface area contributed by atoms with Gasteiger partial charge in [0, 0.05) is 0 Å². The SMILES string of the molecule is CCC[C@H](N)C(=O)NCC(=O)OC(C)(C)C. The number of rotatable bonds is 5. The highest BCUT2D eigenvalue weighted by Crippen LogP contribution is 2.06. The summed E-state index contributed by atoms with van der Waals surface area (Å²) in [6.45, 7) is 7.13. The first-order valence-corrected chi connectivity index (χ1v) is 5.51. The minimum absolute atomic E-state index is 0.131. The second kappa shape index (κ2) is 6.48. The maximum atomic E-state index is 11.4. The lowest BCUT2D eigenvalue weighted by atomic mass is 10.2. The third-order valence-electron chi connectivity index (χ3n) is 1.76. The zero-order valence-corrected chi connectivity index (χ0v) is 10.5. The van der Waals surface area contributed by atoms with Crippen molar-refractivity contribution in [1.29, 1.82) is 0 Å². The Bertz CT molecular complexity index is 246. The summed E-state index contributed by atoms with van der Waals surface area (Å²) in [5, 5.41) is 2.45. The fourth-order valence-electron chi connectivity index (χ4n) is 1.11. The van der Waals surface area contributed by atoms with E-state index in [1.807, 2.05) is 6.92 Å². The van der Waals surface area contributed by atoms with Crippen LogP contribution < -0.4 is 11.1 Å². The normalized spacial score (nSPS) is 13.1. The van der Waals surface area contributed by atoms with Gasteiger partial charge in [-0.25, -0.2) is 0 Å². The molecule has 0 aromatic carbocycles. The van der Waals surface area contributed by atoms with Gasteiger partial charge in [0.1, 0.15) is 12.1 Å². The molecular formula is C11H22N2O3. The van der Waals surface area contributed by atoms with E-state index in [4.69, 9.17) is 10.5 Å². The van der Waals surface area contributed by atoms with Crippen LogP contribution in [0.2, 0.25) is 0 Å². The topological polar surface area (TPSA) is 81.4 Å². The van der Waals surface area contributed by atoms with Gasteiger partial charge in [-0.1, -0.05) is 13.3 Å². The van der Waals surface area contributed by atoms with E-state index in [0.29, 0.717) is 6.42 Å². The second-order valence-electron chi connectivity index (χ2n) is 4.70. The van der Waals surface area contributed by atoms with Crippen LogP contribution in [0.25, 0.3) is 0 Å². The van der Waals surface area contributed by atoms with Crippen molar-refractivity contribution in [2.24, 2.45) is 5.73 Å². The van der Waals surface area contributed by atoms with Crippen LogP contribution >= 0.6 is 0 Å². The van der Waals surface area contributed by atoms with Gasteiger partial charge in [0.15, 0.2) is 0 Å². The predicted octanol–water partition coefficient (Wildman–Crippen LogP) is 0.572. The van der Waals surface area contributed by atoms with Crippen LogP contribution in [0.1, 0.15) is 40.5 Å². The Kier molecular flexibility index (Phi) is 6.03. The van der Waals surface area contributed by atoms with Gasteiger partial charge in [0.05, 0.1) is 6.04 Å². The Balaban J connectivity index is 3.88. The summed E-state index contributed by atoms with van der Waals surface area (Å²) in [6.07, 6.45) is 1.45. The predicted molar refractivity (Wildman–Crippen MR) is 61.7 cm³/mol. The number of hydrogen-bond donors (Lipinski definition) is 2. The van der Waals surface area contributed by atoms with Gasteiger partial charge in [-0.3, -0.25) is 9.59 Å². The smallest absolute Gasteiger partial charge is 0.325 e. The fraction of sp³-hybridized carbons (Fsp3) is 0.818.